The lowest BCUT2D eigenvalue weighted by Gasteiger charge is -2.00. The zero-order valence-corrected chi connectivity index (χ0v) is 12.9. The molecule has 3 aromatic rings. The zero-order valence-electron chi connectivity index (χ0n) is 12.9. The average Bonchev–Trinajstić information content (AvgIpc) is 2.95. The molecule has 0 nitrogen and oxygen atoms in total. The van der Waals surface area contributed by atoms with Crippen molar-refractivity contribution in [3.63, 3.8) is 0 Å². The minimum atomic E-state index is 0.989. The van der Waals surface area contributed by atoms with Crippen LogP contribution in [-0.4, -0.2) is 0 Å². The van der Waals surface area contributed by atoms with Crippen LogP contribution in [-0.2, 0) is 0 Å². The Kier molecular flexibility index (Phi) is 3.65. The van der Waals surface area contributed by atoms with Gasteiger partial charge >= 0.3 is 0 Å². The van der Waals surface area contributed by atoms with Gasteiger partial charge in [-0.1, -0.05) is 97.1 Å². The monoisotopic (exact) mass is 294 g/mol. The van der Waals surface area contributed by atoms with Crippen LogP contribution in [0.25, 0.3) is 23.3 Å². The van der Waals surface area contributed by atoms with Crippen LogP contribution in [0.4, 0.5) is 0 Å². The van der Waals surface area contributed by atoms with Crippen molar-refractivity contribution in [3.8, 4) is 0 Å². The summed E-state index contributed by atoms with van der Waals surface area (Å²) in [7, 11) is 0. The molecule has 0 fully saturated rings. The molecular formula is C23H18. The van der Waals surface area contributed by atoms with Crippen molar-refractivity contribution in [3.05, 3.63) is 107 Å². The lowest BCUT2D eigenvalue weighted by molar-refractivity contribution is 1.53. The Labute approximate surface area is 137 Å². The quantitative estimate of drug-likeness (QED) is 0.530. The van der Waals surface area contributed by atoms with Gasteiger partial charge in [-0.3, -0.25) is 0 Å². The van der Waals surface area contributed by atoms with E-state index in [0.717, 1.165) is 6.42 Å². The van der Waals surface area contributed by atoms with Gasteiger partial charge in [0.05, 0.1) is 0 Å². The maximum absolute atomic E-state index is 2.31. The molecule has 0 amide bonds. The first kappa shape index (κ1) is 13.8. The molecule has 0 radical (unpaired) electrons. The summed E-state index contributed by atoms with van der Waals surface area (Å²) in [6.45, 7) is 0. The minimum absolute atomic E-state index is 0.989. The number of hydrogen-bond acceptors (Lipinski definition) is 0. The van der Waals surface area contributed by atoms with Crippen molar-refractivity contribution in [1.29, 1.82) is 0 Å². The lowest BCUT2D eigenvalue weighted by Crippen LogP contribution is -1.80. The summed E-state index contributed by atoms with van der Waals surface area (Å²) >= 11 is 0. The van der Waals surface area contributed by atoms with Gasteiger partial charge in [0.25, 0.3) is 0 Å². The summed E-state index contributed by atoms with van der Waals surface area (Å²) in [4.78, 5) is 0. The third-order valence-corrected chi connectivity index (χ3v) is 4.28. The molecule has 0 unspecified atom stereocenters. The second-order valence-corrected chi connectivity index (χ2v) is 5.88. The fraction of sp³-hybridized carbons (Fsp3) is 0.0435. The van der Waals surface area contributed by atoms with Gasteiger partial charge in [-0.05, 0) is 39.8 Å². The summed E-state index contributed by atoms with van der Waals surface area (Å²) < 4.78 is 0. The zero-order chi connectivity index (χ0) is 15.5. The van der Waals surface area contributed by atoms with Crippen LogP contribution < -0.4 is 0 Å². The summed E-state index contributed by atoms with van der Waals surface area (Å²) in [5.41, 5.74) is 8.04. The van der Waals surface area contributed by atoms with Crippen LogP contribution in [0, 0.1) is 0 Å². The Bertz CT molecular complexity index is 794. The molecule has 0 aliphatic heterocycles. The normalized spacial score (nSPS) is 16.7. The van der Waals surface area contributed by atoms with E-state index in [-0.39, 0.29) is 0 Å². The predicted octanol–water partition coefficient (Wildman–Crippen LogP) is 6.17. The molecule has 0 spiro atoms. The number of fused-ring (bicyclic) bond motifs is 1. The van der Waals surface area contributed by atoms with Gasteiger partial charge < -0.3 is 0 Å². The topological polar surface area (TPSA) is 0 Å². The molecule has 0 saturated heterocycles. The van der Waals surface area contributed by atoms with Gasteiger partial charge in [-0.2, -0.15) is 0 Å². The molecule has 23 heavy (non-hydrogen) atoms. The van der Waals surface area contributed by atoms with E-state index in [9.17, 15) is 0 Å². The number of hydrogen-bond donors (Lipinski definition) is 0. The van der Waals surface area contributed by atoms with Gasteiger partial charge in [0, 0.05) is 0 Å². The number of rotatable bonds is 2. The lowest BCUT2D eigenvalue weighted by atomic mass is 10.0. The van der Waals surface area contributed by atoms with E-state index in [1.165, 1.54) is 33.4 Å². The maximum Gasteiger partial charge on any atom is -0.00130 e. The molecule has 3 aromatic carbocycles. The number of benzene rings is 3. The van der Waals surface area contributed by atoms with E-state index < -0.39 is 0 Å². The molecule has 4 rings (SSSR count). The van der Waals surface area contributed by atoms with Crippen molar-refractivity contribution in [1.82, 2.24) is 0 Å². The first-order valence-corrected chi connectivity index (χ1v) is 8.01. The van der Waals surface area contributed by atoms with Crippen molar-refractivity contribution < 1.29 is 0 Å². The van der Waals surface area contributed by atoms with Gasteiger partial charge in [0.1, 0.15) is 0 Å². The van der Waals surface area contributed by atoms with E-state index in [1.54, 1.807) is 0 Å². The molecule has 0 aromatic heterocycles. The largest absolute Gasteiger partial charge is 0.0622 e. The van der Waals surface area contributed by atoms with Crippen LogP contribution in [0.15, 0.2) is 84.9 Å². The fourth-order valence-corrected chi connectivity index (χ4v) is 3.20. The van der Waals surface area contributed by atoms with E-state index in [0.29, 0.717) is 0 Å². The van der Waals surface area contributed by atoms with Crippen LogP contribution >= 0.6 is 0 Å². The van der Waals surface area contributed by atoms with Crippen LogP contribution in [0.3, 0.4) is 0 Å². The second-order valence-electron chi connectivity index (χ2n) is 5.88. The SMILES string of the molecule is C(=C1CC(=Cc2ccccc2)c2ccccc21)c1ccccc1. The second kappa shape index (κ2) is 6.10. The standard InChI is InChI=1S/C23H18/c1-3-9-18(10-4-1)15-20-17-21(16-19-11-5-2-6-12-19)23-14-8-7-13-22(20)23/h1-16H,17H2. The van der Waals surface area contributed by atoms with Crippen molar-refractivity contribution in [2.24, 2.45) is 0 Å². The molecule has 0 saturated carbocycles. The van der Waals surface area contributed by atoms with Crippen LogP contribution in [0.2, 0.25) is 0 Å². The van der Waals surface area contributed by atoms with Gasteiger partial charge in [-0.25, -0.2) is 0 Å². The molecule has 0 atom stereocenters. The summed E-state index contributed by atoms with van der Waals surface area (Å²) in [6.07, 6.45) is 5.61. The highest BCUT2D eigenvalue weighted by molar-refractivity contribution is 6.02. The first-order chi connectivity index (χ1) is 11.4. The fourth-order valence-electron chi connectivity index (χ4n) is 3.20. The first-order valence-electron chi connectivity index (χ1n) is 8.01. The highest BCUT2D eigenvalue weighted by Crippen LogP contribution is 2.42. The summed E-state index contributed by atoms with van der Waals surface area (Å²) in [5, 5.41) is 0. The van der Waals surface area contributed by atoms with E-state index in [4.69, 9.17) is 0 Å². The van der Waals surface area contributed by atoms with Gasteiger partial charge in [0.15, 0.2) is 0 Å². The maximum atomic E-state index is 2.31. The summed E-state index contributed by atoms with van der Waals surface area (Å²) in [5.74, 6) is 0. The van der Waals surface area contributed by atoms with Crippen molar-refractivity contribution in [2.45, 2.75) is 6.42 Å². The molecule has 110 valence electrons. The van der Waals surface area contributed by atoms with E-state index >= 15 is 0 Å². The van der Waals surface area contributed by atoms with Crippen LogP contribution in [0.5, 0.6) is 0 Å². The van der Waals surface area contributed by atoms with Gasteiger partial charge in [0.2, 0.25) is 0 Å². The van der Waals surface area contributed by atoms with E-state index in [2.05, 4.69) is 97.1 Å². The van der Waals surface area contributed by atoms with Gasteiger partial charge in [-0.15, -0.1) is 0 Å². The van der Waals surface area contributed by atoms with Crippen molar-refractivity contribution >= 4 is 23.3 Å². The summed E-state index contributed by atoms with van der Waals surface area (Å²) in [6, 6.07) is 29.9. The van der Waals surface area contributed by atoms with Crippen molar-refractivity contribution in [2.75, 3.05) is 0 Å². The molecule has 0 heteroatoms. The molecular weight excluding hydrogens is 276 g/mol. The molecule has 0 heterocycles. The Morgan fingerprint density at radius 1 is 0.478 bits per heavy atom. The average molecular weight is 294 g/mol. The number of allylic oxidation sites excluding steroid dienone is 2. The predicted molar refractivity (Wildman–Crippen MR) is 99.7 cm³/mol. The molecule has 0 N–H and O–H groups in total. The highest BCUT2D eigenvalue weighted by atomic mass is 14.2. The Balaban J connectivity index is 1.78. The molecule has 0 bridgehead atoms. The highest BCUT2D eigenvalue weighted by Gasteiger charge is 2.20. The Morgan fingerprint density at radius 3 is 1.30 bits per heavy atom. The molecule has 1 aliphatic rings. The van der Waals surface area contributed by atoms with Crippen LogP contribution in [0.1, 0.15) is 28.7 Å². The Morgan fingerprint density at radius 2 is 0.870 bits per heavy atom. The third kappa shape index (κ3) is 2.89. The Hall–Kier alpha value is -2.86. The van der Waals surface area contributed by atoms with E-state index in [1.807, 2.05) is 0 Å². The smallest absolute Gasteiger partial charge is 0.00130 e. The third-order valence-electron chi connectivity index (χ3n) is 4.28. The molecule has 1 aliphatic carbocycles. The minimum Gasteiger partial charge on any atom is -0.0622 e.